The summed E-state index contributed by atoms with van der Waals surface area (Å²) in [6.07, 6.45) is 8.03. The lowest BCUT2D eigenvalue weighted by molar-refractivity contribution is -0.771. The summed E-state index contributed by atoms with van der Waals surface area (Å²) in [6, 6.07) is 21.8. The first-order valence-corrected chi connectivity index (χ1v) is 10.6. The van der Waals surface area contributed by atoms with Crippen molar-refractivity contribution < 1.29 is 9.28 Å². The van der Waals surface area contributed by atoms with Gasteiger partial charge in [0.05, 0.1) is 12.6 Å². The van der Waals surface area contributed by atoms with Crippen molar-refractivity contribution in [2.75, 3.05) is 13.1 Å². The topological polar surface area (TPSA) is 65.2 Å². The molecule has 2 aromatic carbocycles. The molecule has 0 aromatic heterocycles. The van der Waals surface area contributed by atoms with Crippen LogP contribution in [0.5, 0.6) is 0 Å². The van der Waals surface area contributed by atoms with Gasteiger partial charge in [-0.1, -0.05) is 80.4 Å². The molecular weight excluding hydrogens is 372 g/mol. The molecule has 1 heterocycles. The standard InChI is InChI=1S/C25H28N4O/c1-2-3-4-11-17-29(18-16-26)19-23(27-20-29)25(30)28-24(21-12-7-5-8-13-21)22-14-9-6-10-15-22/h5-10,12-15,19-20,24H,2-4,11,17-18H2,1H3/p+1. The maximum atomic E-state index is 13.1. The molecule has 30 heavy (non-hydrogen) atoms. The summed E-state index contributed by atoms with van der Waals surface area (Å²) in [5, 5.41) is 12.4. The highest BCUT2D eigenvalue weighted by Gasteiger charge is 2.32. The molecule has 1 atom stereocenters. The third-order valence-corrected chi connectivity index (χ3v) is 5.37. The lowest BCUT2D eigenvalue weighted by Crippen LogP contribution is -2.41. The van der Waals surface area contributed by atoms with Crippen molar-refractivity contribution >= 4 is 12.2 Å². The quantitative estimate of drug-likeness (QED) is 0.356. The number of benzene rings is 2. The van der Waals surface area contributed by atoms with E-state index in [1.807, 2.05) is 66.9 Å². The monoisotopic (exact) mass is 401 g/mol. The number of unbranched alkanes of at least 4 members (excludes halogenated alkanes) is 3. The van der Waals surface area contributed by atoms with Gasteiger partial charge in [0, 0.05) is 0 Å². The van der Waals surface area contributed by atoms with Gasteiger partial charge in [-0.05, 0) is 24.0 Å². The number of aliphatic imine (C=N–C) groups is 1. The number of quaternary nitrogens is 1. The fraction of sp³-hybridized carbons (Fsp3) is 0.320. The zero-order valence-corrected chi connectivity index (χ0v) is 17.5. The molecule has 5 nitrogen and oxygen atoms in total. The van der Waals surface area contributed by atoms with Crippen LogP contribution in [-0.4, -0.2) is 29.8 Å². The number of carbonyl (C=O) groups excluding carboxylic acids is 1. The van der Waals surface area contributed by atoms with Crippen LogP contribution in [0.4, 0.5) is 0 Å². The largest absolute Gasteiger partial charge is 0.340 e. The molecule has 154 valence electrons. The van der Waals surface area contributed by atoms with Gasteiger partial charge in [0.1, 0.15) is 12.3 Å². The van der Waals surface area contributed by atoms with Crippen LogP contribution in [0.3, 0.4) is 0 Å². The Labute approximate surface area is 179 Å². The van der Waals surface area contributed by atoms with Gasteiger partial charge in [0.15, 0.2) is 18.6 Å². The van der Waals surface area contributed by atoms with Crippen molar-refractivity contribution in [1.29, 1.82) is 5.26 Å². The average molecular weight is 402 g/mol. The van der Waals surface area contributed by atoms with Gasteiger partial charge in [-0.15, -0.1) is 0 Å². The molecule has 0 saturated carbocycles. The van der Waals surface area contributed by atoms with Crippen molar-refractivity contribution in [2.24, 2.45) is 4.99 Å². The highest BCUT2D eigenvalue weighted by molar-refractivity contribution is 5.95. The molecule has 1 amide bonds. The Hall–Kier alpha value is -3.23. The summed E-state index contributed by atoms with van der Waals surface area (Å²) >= 11 is 0. The third-order valence-electron chi connectivity index (χ3n) is 5.37. The zero-order valence-electron chi connectivity index (χ0n) is 17.5. The van der Waals surface area contributed by atoms with Crippen molar-refractivity contribution in [3.05, 3.63) is 83.7 Å². The molecule has 1 unspecified atom stereocenters. The summed E-state index contributed by atoms with van der Waals surface area (Å²) in [5.74, 6) is -0.226. The third kappa shape index (κ3) is 5.43. The predicted molar refractivity (Wildman–Crippen MR) is 119 cm³/mol. The maximum absolute atomic E-state index is 13.1. The van der Waals surface area contributed by atoms with E-state index in [-0.39, 0.29) is 18.5 Å². The Morgan fingerprint density at radius 1 is 1.03 bits per heavy atom. The van der Waals surface area contributed by atoms with E-state index >= 15 is 0 Å². The lowest BCUT2D eigenvalue weighted by Gasteiger charge is -2.24. The molecule has 0 aliphatic carbocycles. The first-order chi connectivity index (χ1) is 14.7. The average Bonchev–Trinajstić information content (AvgIpc) is 3.21. The number of nitrogens with one attached hydrogen (secondary N) is 1. The second-order valence-corrected chi connectivity index (χ2v) is 7.69. The van der Waals surface area contributed by atoms with Crippen molar-refractivity contribution in [3.63, 3.8) is 0 Å². The molecule has 2 aromatic rings. The van der Waals surface area contributed by atoms with Crippen molar-refractivity contribution in [1.82, 2.24) is 5.32 Å². The lowest BCUT2D eigenvalue weighted by atomic mass is 9.98. The molecular formula is C25H29N4O+. The van der Waals surface area contributed by atoms with Crippen molar-refractivity contribution in [2.45, 2.75) is 38.6 Å². The minimum Gasteiger partial charge on any atom is -0.340 e. The van der Waals surface area contributed by atoms with E-state index in [0.717, 1.165) is 36.9 Å². The fourth-order valence-corrected chi connectivity index (χ4v) is 3.71. The number of nitrogens with zero attached hydrogens (tertiary/aromatic N) is 3. The minimum atomic E-state index is -0.265. The van der Waals surface area contributed by atoms with Gasteiger partial charge >= 0.3 is 0 Å². The van der Waals surface area contributed by atoms with Crippen LogP contribution in [0.25, 0.3) is 0 Å². The second-order valence-electron chi connectivity index (χ2n) is 7.69. The van der Waals surface area contributed by atoms with Crippen LogP contribution in [0.15, 0.2) is 77.6 Å². The molecule has 3 rings (SSSR count). The summed E-state index contributed by atoms with van der Waals surface area (Å²) in [4.78, 5) is 17.5. The number of carbonyl (C=O) groups is 1. The summed E-state index contributed by atoms with van der Waals surface area (Å²) in [5.41, 5.74) is 2.39. The molecule has 1 N–H and O–H groups in total. The van der Waals surface area contributed by atoms with Crippen LogP contribution < -0.4 is 5.32 Å². The van der Waals surface area contributed by atoms with E-state index in [2.05, 4.69) is 23.3 Å². The number of hydrogen-bond acceptors (Lipinski definition) is 3. The molecule has 0 bridgehead atoms. The van der Waals surface area contributed by atoms with Gasteiger partial charge in [-0.2, -0.15) is 10.3 Å². The fourth-order valence-electron chi connectivity index (χ4n) is 3.71. The SMILES string of the molecule is CCCCCC[N+]1(CC#N)C=NC(C(=O)NC(c2ccccc2)c2ccccc2)=C1. The van der Waals surface area contributed by atoms with Gasteiger partial charge in [0.25, 0.3) is 5.91 Å². The first-order valence-electron chi connectivity index (χ1n) is 10.6. The first kappa shape index (κ1) is 21.5. The second kappa shape index (κ2) is 10.5. The van der Waals surface area contributed by atoms with E-state index in [9.17, 15) is 10.1 Å². The number of rotatable bonds is 10. The number of nitriles is 1. The molecule has 0 radical (unpaired) electrons. The number of amides is 1. The Kier molecular flexibility index (Phi) is 7.53. The van der Waals surface area contributed by atoms with Crippen LogP contribution in [0.1, 0.15) is 49.8 Å². The van der Waals surface area contributed by atoms with E-state index in [1.54, 1.807) is 6.34 Å². The summed E-state index contributed by atoms with van der Waals surface area (Å²) in [6.45, 7) is 3.25. The molecule has 1 aliphatic rings. The number of hydrogen-bond donors (Lipinski definition) is 1. The zero-order chi connectivity index (χ0) is 21.2. The van der Waals surface area contributed by atoms with Crippen LogP contribution in [0, 0.1) is 11.3 Å². The predicted octanol–water partition coefficient (Wildman–Crippen LogP) is 4.70. The smallest absolute Gasteiger partial charge is 0.276 e. The van der Waals surface area contributed by atoms with E-state index in [0.29, 0.717) is 10.2 Å². The molecule has 0 saturated heterocycles. The molecule has 0 spiro atoms. The highest BCUT2D eigenvalue weighted by Crippen LogP contribution is 2.24. The van der Waals surface area contributed by atoms with Crippen molar-refractivity contribution in [3.8, 4) is 6.07 Å². The summed E-state index contributed by atoms with van der Waals surface area (Å²) in [7, 11) is 0. The Balaban J connectivity index is 1.78. The van der Waals surface area contributed by atoms with Gasteiger partial charge in [-0.3, -0.25) is 4.79 Å². The van der Waals surface area contributed by atoms with Gasteiger partial charge in [0.2, 0.25) is 0 Å². The Bertz CT molecular complexity index is 891. The van der Waals surface area contributed by atoms with E-state index < -0.39 is 0 Å². The van der Waals surface area contributed by atoms with Crippen LogP contribution in [-0.2, 0) is 4.79 Å². The molecule has 1 aliphatic heterocycles. The van der Waals surface area contributed by atoms with Crippen LogP contribution in [0.2, 0.25) is 0 Å². The van der Waals surface area contributed by atoms with Crippen LogP contribution >= 0.6 is 0 Å². The highest BCUT2D eigenvalue weighted by atomic mass is 16.2. The molecule has 0 fully saturated rings. The Morgan fingerprint density at radius 3 is 2.23 bits per heavy atom. The Morgan fingerprint density at radius 2 is 1.67 bits per heavy atom. The van der Waals surface area contributed by atoms with Gasteiger partial charge in [-0.25, -0.2) is 4.48 Å². The van der Waals surface area contributed by atoms with Gasteiger partial charge < -0.3 is 5.32 Å². The van der Waals surface area contributed by atoms with E-state index in [4.69, 9.17) is 0 Å². The molecule has 5 heteroatoms. The normalized spacial score (nSPS) is 17.6. The van der Waals surface area contributed by atoms with E-state index in [1.165, 1.54) is 6.42 Å². The summed E-state index contributed by atoms with van der Waals surface area (Å²) < 4.78 is 0.324. The maximum Gasteiger partial charge on any atom is 0.276 e. The minimum absolute atomic E-state index is 0.226.